The topological polar surface area (TPSA) is 83.6 Å². The molecule has 0 aliphatic rings. The maximum Gasteiger partial charge on any atom is 0.235 e. The van der Waals surface area contributed by atoms with Gasteiger partial charge < -0.3 is 10.3 Å². The molecule has 0 saturated carbocycles. The minimum Gasteiger partial charge on any atom is -0.340 e. The van der Waals surface area contributed by atoms with E-state index in [0.717, 1.165) is 0 Å². The van der Waals surface area contributed by atoms with Gasteiger partial charge in [-0.1, -0.05) is 0 Å². The summed E-state index contributed by atoms with van der Waals surface area (Å²) >= 11 is 3.84. The van der Waals surface area contributed by atoms with E-state index in [1.165, 1.54) is 12.7 Å². The summed E-state index contributed by atoms with van der Waals surface area (Å²) in [6.07, 6.45) is 2.84. The first-order valence-electron chi connectivity index (χ1n) is 3.86. The third-order valence-corrected chi connectivity index (χ3v) is 1.91. The van der Waals surface area contributed by atoms with Crippen LogP contribution in [-0.2, 0) is 4.79 Å². The Morgan fingerprint density at radius 2 is 2.36 bits per heavy atom. The van der Waals surface area contributed by atoms with E-state index >= 15 is 0 Å². The van der Waals surface area contributed by atoms with Crippen LogP contribution in [0.4, 0.5) is 5.82 Å². The standard InChI is InChI=1S/C7H7N5OS/c13-4(1-14)12-7-5-6(9-2-8-5)10-3-11-7/h2-3,14H,1H2,(H2,8,9,10,11,12,13). The van der Waals surface area contributed by atoms with Gasteiger partial charge in [-0.2, -0.15) is 12.6 Å². The minimum absolute atomic E-state index is 0.111. The molecule has 2 rings (SSSR count). The highest BCUT2D eigenvalue weighted by molar-refractivity contribution is 7.81. The van der Waals surface area contributed by atoms with Crippen molar-refractivity contribution in [3.05, 3.63) is 12.7 Å². The van der Waals surface area contributed by atoms with Crippen LogP contribution < -0.4 is 5.32 Å². The van der Waals surface area contributed by atoms with Gasteiger partial charge in [0.1, 0.15) is 11.8 Å². The molecule has 0 aromatic carbocycles. The fourth-order valence-electron chi connectivity index (χ4n) is 1.03. The number of aromatic amines is 1. The molecule has 2 N–H and O–H groups in total. The normalized spacial score (nSPS) is 10.4. The molecule has 0 atom stereocenters. The molecule has 0 spiro atoms. The van der Waals surface area contributed by atoms with Crippen LogP contribution in [0.25, 0.3) is 11.2 Å². The van der Waals surface area contributed by atoms with Gasteiger partial charge in [-0.15, -0.1) is 0 Å². The number of hydrogen-bond acceptors (Lipinski definition) is 5. The number of thiol groups is 1. The minimum atomic E-state index is -0.220. The largest absolute Gasteiger partial charge is 0.340 e. The number of rotatable bonds is 2. The van der Waals surface area contributed by atoms with Crippen molar-refractivity contribution in [3.63, 3.8) is 0 Å². The Kier molecular flexibility index (Phi) is 2.32. The molecule has 14 heavy (non-hydrogen) atoms. The number of nitrogens with zero attached hydrogens (tertiary/aromatic N) is 3. The lowest BCUT2D eigenvalue weighted by Gasteiger charge is -2.01. The van der Waals surface area contributed by atoms with Gasteiger partial charge in [-0.25, -0.2) is 15.0 Å². The van der Waals surface area contributed by atoms with Gasteiger partial charge in [-0.05, 0) is 0 Å². The Morgan fingerprint density at radius 1 is 1.50 bits per heavy atom. The van der Waals surface area contributed by atoms with Crippen molar-refractivity contribution >= 4 is 35.5 Å². The van der Waals surface area contributed by atoms with E-state index < -0.39 is 0 Å². The van der Waals surface area contributed by atoms with E-state index in [0.29, 0.717) is 17.0 Å². The number of carbonyl (C=O) groups excluding carboxylic acids is 1. The van der Waals surface area contributed by atoms with Crippen LogP contribution in [0.15, 0.2) is 12.7 Å². The molecule has 0 radical (unpaired) electrons. The number of hydrogen-bond donors (Lipinski definition) is 3. The van der Waals surface area contributed by atoms with Gasteiger partial charge in [0.2, 0.25) is 5.91 Å². The average Bonchev–Trinajstić information content (AvgIpc) is 2.66. The summed E-state index contributed by atoms with van der Waals surface area (Å²) in [5, 5.41) is 2.58. The van der Waals surface area contributed by atoms with Gasteiger partial charge >= 0.3 is 0 Å². The number of carbonyl (C=O) groups is 1. The predicted molar refractivity (Wildman–Crippen MR) is 54.2 cm³/mol. The van der Waals surface area contributed by atoms with Gasteiger partial charge in [0.15, 0.2) is 11.5 Å². The second-order valence-electron chi connectivity index (χ2n) is 2.53. The molecule has 0 aliphatic heterocycles. The van der Waals surface area contributed by atoms with Crippen LogP contribution in [-0.4, -0.2) is 31.6 Å². The lowest BCUT2D eigenvalue weighted by atomic mass is 10.5. The number of anilines is 1. The first-order chi connectivity index (χ1) is 6.81. The smallest absolute Gasteiger partial charge is 0.235 e. The zero-order valence-corrected chi connectivity index (χ0v) is 7.95. The Labute approximate surface area is 84.6 Å². The van der Waals surface area contributed by atoms with Crippen molar-refractivity contribution in [2.45, 2.75) is 0 Å². The summed E-state index contributed by atoms with van der Waals surface area (Å²) in [7, 11) is 0. The van der Waals surface area contributed by atoms with Crippen LogP contribution in [0, 0.1) is 0 Å². The Balaban J connectivity index is 2.41. The fraction of sp³-hybridized carbons (Fsp3) is 0.143. The zero-order chi connectivity index (χ0) is 9.97. The number of aromatic nitrogens is 4. The molecule has 2 aromatic heterocycles. The van der Waals surface area contributed by atoms with Crippen LogP contribution >= 0.6 is 12.6 Å². The number of H-pyrrole nitrogens is 1. The molecule has 2 heterocycles. The lowest BCUT2D eigenvalue weighted by molar-refractivity contribution is -0.113. The monoisotopic (exact) mass is 209 g/mol. The molecule has 6 nitrogen and oxygen atoms in total. The number of imidazole rings is 1. The Bertz CT molecular complexity index is 468. The lowest BCUT2D eigenvalue weighted by Crippen LogP contribution is -2.14. The quantitative estimate of drug-likeness (QED) is 0.618. The number of amides is 1. The van der Waals surface area contributed by atoms with E-state index in [4.69, 9.17) is 0 Å². The van der Waals surface area contributed by atoms with E-state index in [-0.39, 0.29) is 11.7 Å². The maximum atomic E-state index is 11.1. The third kappa shape index (κ3) is 1.53. The summed E-state index contributed by atoms with van der Waals surface area (Å²) in [6.45, 7) is 0. The second-order valence-corrected chi connectivity index (χ2v) is 2.85. The van der Waals surface area contributed by atoms with E-state index in [9.17, 15) is 4.79 Å². The number of nitrogens with one attached hydrogen (secondary N) is 2. The predicted octanol–water partition coefficient (Wildman–Crippen LogP) is 0.221. The first-order valence-corrected chi connectivity index (χ1v) is 4.49. The Hall–Kier alpha value is -1.63. The van der Waals surface area contributed by atoms with E-state index in [1.54, 1.807) is 0 Å². The molecule has 0 bridgehead atoms. The Morgan fingerprint density at radius 3 is 3.14 bits per heavy atom. The molecular formula is C7H7N5OS. The summed E-state index contributed by atoms with van der Waals surface area (Å²) in [5.41, 5.74) is 1.14. The van der Waals surface area contributed by atoms with Gasteiger partial charge in [0.25, 0.3) is 0 Å². The summed E-state index contributed by atoms with van der Waals surface area (Å²) < 4.78 is 0. The highest BCUT2D eigenvalue weighted by Crippen LogP contribution is 2.13. The van der Waals surface area contributed by atoms with Gasteiger partial charge in [0, 0.05) is 0 Å². The number of fused-ring (bicyclic) bond motifs is 1. The van der Waals surface area contributed by atoms with Crippen molar-refractivity contribution in [2.24, 2.45) is 0 Å². The van der Waals surface area contributed by atoms with Crippen molar-refractivity contribution in [1.82, 2.24) is 19.9 Å². The van der Waals surface area contributed by atoms with Crippen LogP contribution in [0.5, 0.6) is 0 Å². The molecule has 1 amide bonds. The molecule has 7 heteroatoms. The maximum absolute atomic E-state index is 11.1. The second kappa shape index (κ2) is 3.62. The van der Waals surface area contributed by atoms with E-state index in [2.05, 4.69) is 37.9 Å². The van der Waals surface area contributed by atoms with Crippen molar-refractivity contribution in [3.8, 4) is 0 Å². The average molecular weight is 209 g/mol. The summed E-state index contributed by atoms with van der Waals surface area (Å²) in [4.78, 5) is 25.7. The highest BCUT2D eigenvalue weighted by Gasteiger charge is 2.07. The molecule has 72 valence electrons. The molecular weight excluding hydrogens is 202 g/mol. The first kappa shape index (κ1) is 8.95. The van der Waals surface area contributed by atoms with Crippen molar-refractivity contribution in [2.75, 3.05) is 11.1 Å². The molecule has 0 aliphatic carbocycles. The fourth-order valence-corrected chi connectivity index (χ4v) is 1.11. The van der Waals surface area contributed by atoms with Gasteiger partial charge in [0.05, 0.1) is 12.1 Å². The summed E-state index contributed by atoms with van der Waals surface area (Å²) in [6, 6.07) is 0. The van der Waals surface area contributed by atoms with Crippen LogP contribution in [0.1, 0.15) is 0 Å². The van der Waals surface area contributed by atoms with Crippen molar-refractivity contribution in [1.29, 1.82) is 0 Å². The third-order valence-electron chi connectivity index (χ3n) is 1.62. The van der Waals surface area contributed by atoms with Gasteiger partial charge in [-0.3, -0.25) is 4.79 Å². The van der Waals surface area contributed by atoms with Crippen LogP contribution in [0.2, 0.25) is 0 Å². The molecule has 0 unspecified atom stereocenters. The highest BCUT2D eigenvalue weighted by atomic mass is 32.1. The van der Waals surface area contributed by atoms with Crippen LogP contribution in [0.3, 0.4) is 0 Å². The SMILES string of the molecule is O=C(CS)Nc1ncnc2nc[nH]c12. The van der Waals surface area contributed by atoms with Crippen molar-refractivity contribution < 1.29 is 4.79 Å². The zero-order valence-electron chi connectivity index (χ0n) is 7.06. The molecule has 0 fully saturated rings. The van der Waals surface area contributed by atoms with E-state index in [1.807, 2.05) is 0 Å². The molecule has 2 aromatic rings. The summed E-state index contributed by atoms with van der Waals surface area (Å²) in [5.74, 6) is 0.314. The molecule has 0 saturated heterocycles.